The highest BCUT2D eigenvalue weighted by molar-refractivity contribution is 7.51. The molecule has 0 radical (unpaired) electrons. The molecule has 2 N–H and O–H groups in total. The zero-order valence-corrected chi connectivity index (χ0v) is 26.0. The average molecular weight is 532 g/mol. The number of unbranched alkanes of at least 4 members (excludes halogenated alkanes) is 1. The summed E-state index contributed by atoms with van der Waals surface area (Å²) in [6.07, 6.45) is 12.1. The number of nitrogens with one attached hydrogen (secondary N) is 1. The Morgan fingerprint density at radius 1 is 1.03 bits per heavy atom. The van der Waals surface area contributed by atoms with Crippen molar-refractivity contribution in [3.8, 4) is 0 Å². The van der Waals surface area contributed by atoms with Crippen LogP contribution < -0.4 is 5.32 Å². The van der Waals surface area contributed by atoms with Crippen molar-refractivity contribution in [1.29, 1.82) is 0 Å². The van der Waals surface area contributed by atoms with E-state index in [9.17, 15) is 14.4 Å². The summed E-state index contributed by atoms with van der Waals surface area (Å²) < 4.78 is 5.92. The Labute approximate surface area is 223 Å². The van der Waals surface area contributed by atoms with Crippen molar-refractivity contribution in [3.05, 3.63) is 0 Å². The molecule has 4 unspecified atom stereocenters. The SMILES string of the molecule is CC(=O)NC(C)CO.CCCCC(C(C)=O)C1CCCCC1.CCP(C)OC(C)(C)CC(C)C(C)=O. The lowest BCUT2D eigenvalue weighted by Gasteiger charge is -2.30. The van der Waals surface area contributed by atoms with Crippen molar-refractivity contribution in [2.75, 3.05) is 19.4 Å². The van der Waals surface area contributed by atoms with Crippen LogP contribution in [0.3, 0.4) is 0 Å². The van der Waals surface area contributed by atoms with Gasteiger partial charge in [-0.15, -0.1) is 0 Å². The number of Topliss-reactive ketones (excluding diaryl/α,β-unsaturated/α-hetero) is 2. The predicted molar refractivity (Wildman–Crippen MR) is 154 cm³/mol. The molecular formula is C29H58NO5P. The van der Waals surface area contributed by atoms with Gasteiger partial charge in [0.05, 0.1) is 12.2 Å². The lowest BCUT2D eigenvalue weighted by molar-refractivity contribution is -0.123. The number of hydrogen-bond donors (Lipinski definition) is 2. The average Bonchev–Trinajstić information content (AvgIpc) is 2.79. The first-order chi connectivity index (χ1) is 16.7. The van der Waals surface area contributed by atoms with Crippen LogP contribution in [-0.4, -0.2) is 53.7 Å². The van der Waals surface area contributed by atoms with Crippen LogP contribution in [0.4, 0.5) is 0 Å². The van der Waals surface area contributed by atoms with Crippen molar-refractivity contribution >= 4 is 25.6 Å². The molecule has 0 bridgehead atoms. The molecule has 1 saturated carbocycles. The van der Waals surface area contributed by atoms with Crippen LogP contribution in [0.5, 0.6) is 0 Å². The van der Waals surface area contributed by atoms with E-state index in [0.717, 1.165) is 19.0 Å². The van der Waals surface area contributed by atoms with Crippen LogP contribution >= 0.6 is 8.15 Å². The van der Waals surface area contributed by atoms with E-state index >= 15 is 0 Å². The molecule has 1 aliphatic carbocycles. The van der Waals surface area contributed by atoms with Gasteiger partial charge in [0.2, 0.25) is 5.91 Å². The Kier molecular flexibility index (Phi) is 21.9. The fourth-order valence-electron chi connectivity index (χ4n) is 4.53. The summed E-state index contributed by atoms with van der Waals surface area (Å²) in [6.45, 7) is 19.2. The number of hydrogen-bond acceptors (Lipinski definition) is 5. The minimum Gasteiger partial charge on any atom is -0.394 e. The minimum absolute atomic E-state index is 0.000417. The topological polar surface area (TPSA) is 92.7 Å². The third-order valence-electron chi connectivity index (χ3n) is 6.67. The molecule has 6 nitrogen and oxygen atoms in total. The second-order valence-electron chi connectivity index (χ2n) is 11.1. The minimum atomic E-state index is -0.328. The summed E-state index contributed by atoms with van der Waals surface area (Å²) >= 11 is 0. The maximum atomic E-state index is 11.5. The van der Waals surface area contributed by atoms with E-state index in [-0.39, 0.29) is 44.0 Å². The quantitative estimate of drug-likeness (QED) is 0.252. The molecule has 1 aliphatic rings. The second kappa shape index (κ2) is 21.1. The molecule has 7 heteroatoms. The van der Waals surface area contributed by atoms with E-state index < -0.39 is 0 Å². The van der Waals surface area contributed by atoms with Crippen LogP contribution in [0, 0.1) is 17.8 Å². The van der Waals surface area contributed by atoms with Gasteiger partial charge in [-0.2, -0.15) is 0 Å². The highest BCUT2D eigenvalue weighted by Gasteiger charge is 2.26. The van der Waals surface area contributed by atoms with Gasteiger partial charge in [0.15, 0.2) is 0 Å². The van der Waals surface area contributed by atoms with Gasteiger partial charge < -0.3 is 14.9 Å². The zero-order valence-electron chi connectivity index (χ0n) is 25.1. The highest BCUT2D eigenvalue weighted by Crippen LogP contribution is 2.39. The molecule has 0 aliphatic heterocycles. The fraction of sp³-hybridized carbons (Fsp3) is 0.897. The molecule has 4 atom stereocenters. The molecule has 1 fully saturated rings. The van der Waals surface area contributed by atoms with E-state index in [1.807, 2.05) is 6.92 Å². The largest absolute Gasteiger partial charge is 0.394 e. The van der Waals surface area contributed by atoms with Gasteiger partial charge in [0, 0.05) is 32.9 Å². The van der Waals surface area contributed by atoms with Crippen molar-refractivity contribution in [1.82, 2.24) is 5.32 Å². The summed E-state index contributed by atoms with van der Waals surface area (Å²) in [5, 5.41) is 10.9. The summed E-state index contributed by atoms with van der Waals surface area (Å²) in [7, 11) is -0.328. The van der Waals surface area contributed by atoms with Gasteiger partial charge in [-0.25, -0.2) is 0 Å². The van der Waals surface area contributed by atoms with Gasteiger partial charge in [0.1, 0.15) is 11.6 Å². The molecule has 0 aromatic heterocycles. The standard InChI is InChI=1S/C13H24O.C11H23O2P.C5H11NO2/c1-3-4-10-13(11(2)14)12-8-6-5-7-9-12;1-7-14(6)13-11(4,5)8-9(2)10(3)12;1-4(3-7)6-5(2)8/h12-13H,3-10H2,1-2H3;9H,7-8H2,1-6H3;4,7H,3H2,1-2H3,(H,6,8). The molecule has 1 amide bonds. The molecule has 0 aromatic carbocycles. The summed E-state index contributed by atoms with van der Waals surface area (Å²) in [5.74, 6) is 1.78. The van der Waals surface area contributed by atoms with Gasteiger partial charge in [-0.1, -0.05) is 52.9 Å². The predicted octanol–water partition coefficient (Wildman–Crippen LogP) is 6.91. The lowest BCUT2D eigenvalue weighted by Crippen LogP contribution is -2.32. The summed E-state index contributed by atoms with van der Waals surface area (Å²) in [4.78, 5) is 32.9. The number of rotatable bonds is 13. The number of aliphatic hydroxyl groups excluding tert-OH is 1. The maximum absolute atomic E-state index is 11.5. The number of ketones is 2. The number of carbonyl (C=O) groups excluding carboxylic acids is 3. The van der Waals surface area contributed by atoms with Gasteiger partial charge in [-0.3, -0.25) is 14.4 Å². The first-order valence-corrected chi connectivity index (χ1v) is 15.9. The van der Waals surface area contributed by atoms with Gasteiger partial charge >= 0.3 is 0 Å². The van der Waals surface area contributed by atoms with Crippen LogP contribution in [-0.2, 0) is 18.9 Å². The molecule has 36 heavy (non-hydrogen) atoms. The summed E-state index contributed by atoms with van der Waals surface area (Å²) in [6, 6.07) is -0.118. The third-order valence-corrected chi connectivity index (χ3v) is 8.37. The number of aliphatic hydroxyl groups is 1. The monoisotopic (exact) mass is 531 g/mol. The molecule has 0 heterocycles. The first kappa shape index (κ1) is 37.3. The summed E-state index contributed by atoms with van der Waals surface area (Å²) in [5.41, 5.74) is -0.165. The third kappa shape index (κ3) is 20.2. The second-order valence-corrected chi connectivity index (χ2v) is 13.1. The normalized spacial score (nSPS) is 17.3. The molecular weight excluding hydrogens is 473 g/mol. The molecule has 0 aromatic rings. The van der Waals surface area contributed by atoms with Crippen LogP contribution in [0.1, 0.15) is 120 Å². The first-order valence-electron chi connectivity index (χ1n) is 14.0. The van der Waals surface area contributed by atoms with Crippen molar-refractivity contribution in [3.63, 3.8) is 0 Å². The van der Waals surface area contributed by atoms with Crippen molar-refractivity contribution in [2.24, 2.45) is 17.8 Å². The molecule has 1 rings (SSSR count). The Balaban J connectivity index is 0. The molecule has 0 spiro atoms. The van der Waals surface area contributed by atoms with E-state index in [2.05, 4.69) is 39.7 Å². The Morgan fingerprint density at radius 3 is 1.94 bits per heavy atom. The lowest BCUT2D eigenvalue weighted by atomic mass is 9.76. The number of carbonyl (C=O) groups is 3. The van der Waals surface area contributed by atoms with E-state index in [4.69, 9.17) is 9.63 Å². The smallest absolute Gasteiger partial charge is 0.217 e. The fourth-order valence-corrected chi connectivity index (χ4v) is 5.58. The Hall–Kier alpha value is -0.840. The van der Waals surface area contributed by atoms with E-state index in [1.165, 1.54) is 51.9 Å². The van der Waals surface area contributed by atoms with Crippen molar-refractivity contribution < 1.29 is 24.0 Å². The van der Waals surface area contributed by atoms with E-state index in [0.29, 0.717) is 17.6 Å². The molecule has 0 saturated heterocycles. The van der Waals surface area contributed by atoms with Gasteiger partial charge in [-0.05, 0) is 79.0 Å². The van der Waals surface area contributed by atoms with Crippen LogP contribution in [0.2, 0.25) is 0 Å². The number of amides is 1. The Bertz CT molecular complexity index is 604. The molecule has 214 valence electrons. The van der Waals surface area contributed by atoms with Gasteiger partial charge in [0.25, 0.3) is 0 Å². The van der Waals surface area contributed by atoms with Crippen LogP contribution in [0.15, 0.2) is 0 Å². The maximum Gasteiger partial charge on any atom is 0.217 e. The highest BCUT2D eigenvalue weighted by atomic mass is 31.1. The van der Waals surface area contributed by atoms with E-state index in [1.54, 1.807) is 20.8 Å². The van der Waals surface area contributed by atoms with Crippen molar-refractivity contribution in [2.45, 2.75) is 132 Å². The zero-order chi connectivity index (χ0) is 28.3. The van der Waals surface area contributed by atoms with Crippen LogP contribution in [0.25, 0.3) is 0 Å². The Morgan fingerprint density at radius 2 is 1.58 bits per heavy atom.